The van der Waals surface area contributed by atoms with Gasteiger partial charge in [-0.2, -0.15) is 0 Å². The summed E-state index contributed by atoms with van der Waals surface area (Å²) in [4.78, 5) is 25.9. The number of nitrogens with zero attached hydrogens (tertiary/aromatic N) is 1. The van der Waals surface area contributed by atoms with E-state index in [0.717, 1.165) is 29.9 Å². The molecule has 2 amide bonds. The zero-order chi connectivity index (χ0) is 14.5. The van der Waals surface area contributed by atoms with Gasteiger partial charge in [-0.25, -0.2) is 8.78 Å². The second-order valence-corrected chi connectivity index (χ2v) is 5.39. The zero-order valence-electron chi connectivity index (χ0n) is 10.8. The molecule has 3 rings (SSSR count). The number of nitrogens with two attached hydrogens (primary N) is 1. The molecule has 106 valence electrons. The smallest absolute Gasteiger partial charge is 0.262 e. The van der Waals surface area contributed by atoms with Gasteiger partial charge in [0.25, 0.3) is 11.8 Å². The highest BCUT2D eigenvalue weighted by atomic mass is 19.2. The number of rotatable bonds is 2. The Morgan fingerprint density at radius 1 is 1.05 bits per heavy atom. The highest BCUT2D eigenvalue weighted by molar-refractivity contribution is 6.22. The molecule has 2 N–H and O–H groups in total. The van der Waals surface area contributed by atoms with E-state index in [0.29, 0.717) is 12.8 Å². The average molecular weight is 280 g/mol. The summed E-state index contributed by atoms with van der Waals surface area (Å²) in [7, 11) is 0. The Morgan fingerprint density at radius 2 is 1.50 bits per heavy atom. The number of halogens is 2. The van der Waals surface area contributed by atoms with Crippen molar-refractivity contribution in [2.75, 3.05) is 6.54 Å². The number of carbonyl (C=O) groups excluding carboxylic acids is 2. The monoisotopic (exact) mass is 280 g/mol. The second-order valence-electron chi connectivity index (χ2n) is 5.39. The Bertz CT molecular complexity index is 568. The Kier molecular flexibility index (Phi) is 2.86. The maximum Gasteiger partial charge on any atom is 0.262 e. The minimum atomic E-state index is -1.13. The maximum absolute atomic E-state index is 13.3. The first kappa shape index (κ1) is 13.2. The van der Waals surface area contributed by atoms with Gasteiger partial charge >= 0.3 is 0 Å². The van der Waals surface area contributed by atoms with Gasteiger partial charge in [-0.05, 0) is 25.0 Å². The van der Waals surface area contributed by atoms with E-state index in [-0.39, 0.29) is 17.7 Å². The zero-order valence-corrected chi connectivity index (χ0v) is 10.8. The molecule has 1 aromatic rings. The maximum atomic E-state index is 13.3. The van der Waals surface area contributed by atoms with Crippen LogP contribution in [0.3, 0.4) is 0 Å². The summed E-state index contributed by atoms with van der Waals surface area (Å²) in [6.07, 6.45) is 3.04. The lowest BCUT2D eigenvalue weighted by Crippen LogP contribution is -2.54. The van der Waals surface area contributed by atoms with Crippen molar-refractivity contribution in [2.24, 2.45) is 5.73 Å². The van der Waals surface area contributed by atoms with Gasteiger partial charge in [-0.1, -0.05) is 12.8 Å². The average Bonchev–Trinajstić information content (AvgIpc) is 2.98. The van der Waals surface area contributed by atoms with Gasteiger partial charge in [0.2, 0.25) is 0 Å². The third kappa shape index (κ3) is 1.61. The highest BCUT2D eigenvalue weighted by Crippen LogP contribution is 2.39. The molecule has 1 fully saturated rings. The van der Waals surface area contributed by atoms with Crippen molar-refractivity contribution < 1.29 is 18.4 Å². The van der Waals surface area contributed by atoms with Gasteiger partial charge < -0.3 is 5.73 Å². The molecule has 0 aromatic heterocycles. The van der Waals surface area contributed by atoms with Crippen molar-refractivity contribution in [1.29, 1.82) is 0 Å². The number of carbonyl (C=O) groups is 2. The van der Waals surface area contributed by atoms with Gasteiger partial charge in [0, 0.05) is 6.54 Å². The Balaban J connectivity index is 2.09. The van der Waals surface area contributed by atoms with E-state index in [1.54, 1.807) is 0 Å². The minimum Gasteiger partial charge on any atom is -0.328 e. The number of fused-ring (bicyclic) bond motifs is 1. The molecular weight excluding hydrogens is 266 g/mol. The molecule has 1 aliphatic carbocycles. The molecule has 1 aliphatic heterocycles. The van der Waals surface area contributed by atoms with Crippen LogP contribution in [-0.4, -0.2) is 28.8 Å². The first-order valence-electron chi connectivity index (χ1n) is 6.58. The fraction of sp³-hybridized carbons (Fsp3) is 0.429. The van der Waals surface area contributed by atoms with Crippen molar-refractivity contribution in [1.82, 2.24) is 4.90 Å². The third-order valence-corrected chi connectivity index (χ3v) is 4.32. The van der Waals surface area contributed by atoms with Crippen LogP contribution >= 0.6 is 0 Å². The lowest BCUT2D eigenvalue weighted by molar-refractivity contribution is 0.0443. The van der Waals surface area contributed by atoms with E-state index < -0.39 is 29.0 Å². The number of hydrogen-bond acceptors (Lipinski definition) is 3. The summed E-state index contributed by atoms with van der Waals surface area (Å²) in [5.41, 5.74) is 4.91. The largest absolute Gasteiger partial charge is 0.328 e. The van der Waals surface area contributed by atoms with Crippen LogP contribution in [0.5, 0.6) is 0 Å². The van der Waals surface area contributed by atoms with Gasteiger partial charge in [0.1, 0.15) is 0 Å². The molecule has 0 unspecified atom stereocenters. The van der Waals surface area contributed by atoms with Crippen molar-refractivity contribution in [3.8, 4) is 0 Å². The lowest BCUT2D eigenvalue weighted by Gasteiger charge is -2.36. The molecule has 0 saturated heterocycles. The van der Waals surface area contributed by atoms with Crippen molar-refractivity contribution in [3.63, 3.8) is 0 Å². The molecule has 0 atom stereocenters. The third-order valence-electron chi connectivity index (χ3n) is 4.32. The first-order valence-corrected chi connectivity index (χ1v) is 6.58. The van der Waals surface area contributed by atoms with Crippen molar-refractivity contribution in [2.45, 2.75) is 31.2 Å². The summed E-state index contributed by atoms with van der Waals surface area (Å²) in [6.45, 7) is 0.170. The molecular formula is C14H14F2N2O2. The normalized spacial score (nSPS) is 20.6. The summed E-state index contributed by atoms with van der Waals surface area (Å²) in [5.74, 6) is -3.40. The van der Waals surface area contributed by atoms with Gasteiger partial charge in [-0.3, -0.25) is 14.5 Å². The molecule has 4 nitrogen and oxygen atoms in total. The quantitative estimate of drug-likeness (QED) is 0.841. The van der Waals surface area contributed by atoms with E-state index in [9.17, 15) is 18.4 Å². The summed E-state index contributed by atoms with van der Waals surface area (Å²) in [6, 6.07) is 1.59. The van der Waals surface area contributed by atoms with Crippen molar-refractivity contribution >= 4 is 11.8 Å². The molecule has 0 radical (unpaired) electrons. The van der Waals surface area contributed by atoms with Crippen LogP contribution in [0.1, 0.15) is 46.4 Å². The summed E-state index contributed by atoms with van der Waals surface area (Å²) < 4.78 is 26.5. The van der Waals surface area contributed by atoms with Crippen LogP contribution in [0.15, 0.2) is 12.1 Å². The molecule has 20 heavy (non-hydrogen) atoms. The van der Waals surface area contributed by atoms with Crippen LogP contribution in [-0.2, 0) is 0 Å². The molecule has 0 spiro atoms. The summed E-state index contributed by atoms with van der Waals surface area (Å²) >= 11 is 0. The highest BCUT2D eigenvalue weighted by Gasteiger charge is 2.49. The molecule has 0 bridgehead atoms. The Labute approximate surface area is 114 Å². The van der Waals surface area contributed by atoms with E-state index in [1.165, 1.54) is 0 Å². The van der Waals surface area contributed by atoms with Gasteiger partial charge in [-0.15, -0.1) is 0 Å². The molecule has 1 aromatic carbocycles. The first-order chi connectivity index (χ1) is 9.50. The number of hydrogen-bond donors (Lipinski definition) is 1. The second kappa shape index (κ2) is 4.34. The topological polar surface area (TPSA) is 63.4 Å². The van der Waals surface area contributed by atoms with Crippen LogP contribution in [0.4, 0.5) is 8.78 Å². The fourth-order valence-corrected chi connectivity index (χ4v) is 3.22. The molecule has 1 saturated carbocycles. The van der Waals surface area contributed by atoms with Gasteiger partial charge in [0.15, 0.2) is 11.6 Å². The van der Waals surface area contributed by atoms with E-state index in [4.69, 9.17) is 5.73 Å². The van der Waals surface area contributed by atoms with Crippen LogP contribution in [0.25, 0.3) is 0 Å². The van der Waals surface area contributed by atoms with Crippen molar-refractivity contribution in [3.05, 3.63) is 34.9 Å². The van der Waals surface area contributed by atoms with E-state index >= 15 is 0 Å². The van der Waals surface area contributed by atoms with E-state index in [1.807, 2.05) is 0 Å². The van der Waals surface area contributed by atoms with Crippen LogP contribution in [0, 0.1) is 11.6 Å². The lowest BCUT2D eigenvalue weighted by atomic mass is 9.95. The Hall–Kier alpha value is -1.82. The fourth-order valence-electron chi connectivity index (χ4n) is 3.22. The van der Waals surface area contributed by atoms with Crippen LogP contribution in [0.2, 0.25) is 0 Å². The van der Waals surface area contributed by atoms with Gasteiger partial charge in [0.05, 0.1) is 16.7 Å². The summed E-state index contributed by atoms with van der Waals surface area (Å²) in [5, 5.41) is 0. The number of amides is 2. The Morgan fingerprint density at radius 3 is 1.90 bits per heavy atom. The number of imide groups is 1. The van der Waals surface area contributed by atoms with E-state index in [2.05, 4.69) is 0 Å². The molecule has 2 aliphatic rings. The molecule has 1 heterocycles. The van der Waals surface area contributed by atoms with Crippen LogP contribution < -0.4 is 5.73 Å². The standard InChI is InChI=1S/C14H14F2N2O2/c15-10-5-8-9(6-11(10)16)13(20)18(12(8)19)14(7-17)3-1-2-4-14/h5-6H,1-4,7,17H2. The number of benzene rings is 1. The predicted molar refractivity (Wildman–Crippen MR) is 67.1 cm³/mol. The minimum absolute atomic E-state index is 0.0753. The molecule has 6 heteroatoms. The SMILES string of the molecule is NCC1(N2C(=O)c3cc(F)c(F)cc3C2=O)CCCC1. The predicted octanol–water partition coefficient (Wildman–Crippen LogP) is 1.83.